The minimum Gasteiger partial charge on any atom is -0.340 e. The van der Waals surface area contributed by atoms with Gasteiger partial charge >= 0.3 is 0 Å². The molecule has 0 saturated carbocycles. The lowest BCUT2D eigenvalue weighted by atomic mass is 9.99. The number of nitrogens with zero attached hydrogens (tertiary/aromatic N) is 1. The molecule has 1 aliphatic heterocycles. The number of piperidine rings is 1. The Morgan fingerprint density at radius 3 is 2.68 bits per heavy atom. The van der Waals surface area contributed by atoms with Crippen LogP contribution < -0.4 is 0 Å². The normalized spacial score (nSPS) is 19.5. The average molecular weight is 259 g/mol. The summed E-state index contributed by atoms with van der Waals surface area (Å²) >= 11 is 0. The van der Waals surface area contributed by atoms with Gasteiger partial charge < -0.3 is 4.90 Å². The second-order valence-electron chi connectivity index (χ2n) is 5.63. The summed E-state index contributed by atoms with van der Waals surface area (Å²) in [5.41, 5.74) is 2.54. The first-order valence-corrected chi connectivity index (χ1v) is 7.55. The second kappa shape index (κ2) is 6.74. The van der Waals surface area contributed by atoms with E-state index < -0.39 is 0 Å². The number of likely N-dealkylation sites (tertiary alicyclic amines) is 1. The number of carbonyl (C=O) groups is 1. The molecule has 0 radical (unpaired) electrons. The number of hydrogen-bond acceptors (Lipinski definition) is 1. The molecule has 1 aromatic rings. The van der Waals surface area contributed by atoms with E-state index in [1.165, 1.54) is 30.4 Å². The summed E-state index contributed by atoms with van der Waals surface area (Å²) in [6.45, 7) is 5.25. The Balaban J connectivity index is 1.87. The van der Waals surface area contributed by atoms with Gasteiger partial charge in [0.05, 0.1) is 0 Å². The van der Waals surface area contributed by atoms with Crippen LogP contribution in [0.1, 0.15) is 50.2 Å². The van der Waals surface area contributed by atoms with Gasteiger partial charge in [-0.15, -0.1) is 0 Å². The molecule has 0 aromatic heterocycles. The van der Waals surface area contributed by atoms with E-state index >= 15 is 0 Å². The van der Waals surface area contributed by atoms with Gasteiger partial charge in [-0.3, -0.25) is 4.79 Å². The van der Waals surface area contributed by atoms with Gasteiger partial charge in [-0.25, -0.2) is 0 Å². The Morgan fingerprint density at radius 2 is 2.00 bits per heavy atom. The molecule has 1 fully saturated rings. The van der Waals surface area contributed by atoms with Crippen molar-refractivity contribution in [2.75, 3.05) is 6.54 Å². The average Bonchev–Trinajstić information content (AvgIpc) is 2.46. The third-order valence-electron chi connectivity index (χ3n) is 4.17. The van der Waals surface area contributed by atoms with Gasteiger partial charge in [-0.1, -0.05) is 36.8 Å². The molecule has 1 aromatic carbocycles. The number of amides is 1. The quantitative estimate of drug-likeness (QED) is 0.807. The van der Waals surface area contributed by atoms with Gasteiger partial charge in [0.2, 0.25) is 5.91 Å². The minimum atomic E-state index is 0.340. The van der Waals surface area contributed by atoms with E-state index in [0.717, 1.165) is 19.4 Å². The van der Waals surface area contributed by atoms with Crippen molar-refractivity contribution in [3.05, 3.63) is 35.4 Å². The number of rotatable bonds is 4. The molecule has 1 aliphatic rings. The Kier molecular flexibility index (Phi) is 5.00. The van der Waals surface area contributed by atoms with Gasteiger partial charge in [-0.05, 0) is 44.6 Å². The molecule has 0 aliphatic carbocycles. The molecule has 1 heterocycles. The highest BCUT2D eigenvalue weighted by Crippen LogP contribution is 2.20. The van der Waals surface area contributed by atoms with Gasteiger partial charge in [0.25, 0.3) is 0 Å². The van der Waals surface area contributed by atoms with Gasteiger partial charge in [0.15, 0.2) is 0 Å². The van der Waals surface area contributed by atoms with Crippen LogP contribution in [0.3, 0.4) is 0 Å². The van der Waals surface area contributed by atoms with E-state index in [-0.39, 0.29) is 0 Å². The van der Waals surface area contributed by atoms with Gasteiger partial charge in [0, 0.05) is 19.0 Å². The smallest absolute Gasteiger partial charge is 0.223 e. The highest BCUT2D eigenvalue weighted by molar-refractivity contribution is 5.76. The van der Waals surface area contributed by atoms with Crippen LogP contribution >= 0.6 is 0 Å². The SMILES string of the molecule is CCC1CCCCN1C(=O)CCc1ccc(C)cc1. The van der Waals surface area contributed by atoms with Crippen LogP contribution in [0.5, 0.6) is 0 Å². The fourth-order valence-corrected chi connectivity index (χ4v) is 2.90. The topological polar surface area (TPSA) is 20.3 Å². The molecule has 19 heavy (non-hydrogen) atoms. The lowest BCUT2D eigenvalue weighted by Crippen LogP contribution is -2.43. The summed E-state index contributed by atoms with van der Waals surface area (Å²) < 4.78 is 0. The number of aryl methyl sites for hydroxylation is 2. The molecule has 2 rings (SSSR count). The van der Waals surface area contributed by atoms with Crippen molar-refractivity contribution < 1.29 is 4.79 Å². The Morgan fingerprint density at radius 1 is 1.26 bits per heavy atom. The first kappa shape index (κ1) is 14.1. The number of carbonyl (C=O) groups excluding carboxylic acids is 1. The molecule has 0 bridgehead atoms. The highest BCUT2D eigenvalue weighted by Gasteiger charge is 2.24. The zero-order valence-corrected chi connectivity index (χ0v) is 12.2. The van der Waals surface area contributed by atoms with Crippen LogP contribution in [0.15, 0.2) is 24.3 Å². The largest absolute Gasteiger partial charge is 0.340 e. The fraction of sp³-hybridized carbons (Fsp3) is 0.588. The van der Waals surface area contributed by atoms with Crippen LogP contribution in [0.25, 0.3) is 0 Å². The van der Waals surface area contributed by atoms with E-state index in [1.807, 2.05) is 0 Å². The van der Waals surface area contributed by atoms with Crippen LogP contribution in [-0.4, -0.2) is 23.4 Å². The van der Waals surface area contributed by atoms with Crippen LogP contribution in [0, 0.1) is 6.92 Å². The monoisotopic (exact) mass is 259 g/mol. The standard InChI is InChI=1S/C17H25NO/c1-3-16-6-4-5-13-18(16)17(19)12-11-15-9-7-14(2)8-10-15/h7-10,16H,3-6,11-13H2,1-2H3. The van der Waals surface area contributed by atoms with E-state index in [1.54, 1.807) is 0 Å². The lowest BCUT2D eigenvalue weighted by molar-refractivity contribution is -0.134. The molecule has 104 valence electrons. The molecule has 1 unspecified atom stereocenters. The van der Waals surface area contributed by atoms with Crippen LogP contribution in [0.4, 0.5) is 0 Å². The Hall–Kier alpha value is -1.31. The molecular weight excluding hydrogens is 234 g/mol. The van der Waals surface area contributed by atoms with Crippen molar-refractivity contribution >= 4 is 5.91 Å². The first-order chi connectivity index (χ1) is 9.20. The Labute approximate surface area is 116 Å². The minimum absolute atomic E-state index is 0.340. The third-order valence-corrected chi connectivity index (χ3v) is 4.17. The summed E-state index contributed by atoms with van der Waals surface area (Å²) in [6, 6.07) is 9.00. The van der Waals surface area contributed by atoms with Crippen molar-refractivity contribution in [2.45, 2.75) is 58.4 Å². The van der Waals surface area contributed by atoms with Crippen molar-refractivity contribution in [3.63, 3.8) is 0 Å². The van der Waals surface area contributed by atoms with Gasteiger partial charge in [-0.2, -0.15) is 0 Å². The van der Waals surface area contributed by atoms with E-state index in [2.05, 4.69) is 43.0 Å². The maximum atomic E-state index is 12.3. The maximum Gasteiger partial charge on any atom is 0.223 e. The third kappa shape index (κ3) is 3.82. The molecule has 2 nitrogen and oxygen atoms in total. The Bertz CT molecular complexity index is 410. The fourth-order valence-electron chi connectivity index (χ4n) is 2.90. The molecule has 2 heteroatoms. The molecule has 1 saturated heterocycles. The van der Waals surface area contributed by atoms with Crippen molar-refractivity contribution in [1.29, 1.82) is 0 Å². The summed E-state index contributed by atoms with van der Waals surface area (Å²) in [4.78, 5) is 14.5. The lowest BCUT2D eigenvalue weighted by Gasteiger charge is -2.35. The van der Waals surface area contributed by atoms with Gasteiger partial charge in [0.1, 0.15) is 0 Å². The molecule has 0 N–H and O–H groups in total. The maximum absolute atomic E-state index is 12.3. The second-order valence-corrected chi connectivity index (χ2v) is 5.63. The molecule has 1 atom stereocenters. The van der Waals surface area contributed by atoms with E-state index in [9.17, 15) is 4.79 Å². The molecule has 1 amide bonds. The van der Waals surface area contributed by atoms with Crippen molar-refractivity contribution in [2.24, 2.45) is 0 Å². The molecule has 0 spiro atoms. The summed E-state index contributed by atoms with van der Waals surface area (Å²) in [5, 5.41) is 0. The predicted molar refractivity (Wildman–Crippen MR) is 79.1 cm³/mol. The van der Waals surface area contributed by atoms with E-state index in [4.69, 9.17) is 0 Å². The highest BCUT2D eigenvalue weighted by atomic mass is 16.2. The van der Waals surface area contributed by atoms with Crippen LogP contribution in [0.2, 0.25) is 0 Å². The van der Waals surface area contributed by atoms with Crippen molar-refractivity contribution in [1.82, 2.24) is 4.90 Å². The summed E-state index contributed by atoms with van der Waals surface area (Å²) in [6.07, 6.45) is 6.25. The summed E-state index contributed by atoms with van der Waals surface area (Å²) in [7, 11) is 0. The first-order valence-electron chi connectivity index (χ1n) is 7.55. The molecular formula is C17H25NO. The number of hydrogen-bond donors (Lipinski definition) is 0. The predicted octanol–water partition coefficient (Wildman–Crippen LogP) is 3.72. The van der Waals surface area contributed by atoms with E-state index in [0.29, 0.717) is 18.4 Å². The van der Waals surface area contributed by atoms with Crippen LogP contribution in [-0.2, 0) is 11.2 Å². The summed E-state index contributed by atoms with van der Waals surface area (Å²) in [5.74, 6) is 0.340. The van der Waals surface area contributed by atoms with Crippen molar-refractivity contribution in [3.8, 4) is 0 Å². The zero-order valence-electron chi connectivity index (χ0n) is 12.2. The zero-order chi connectivity index (χ0) is 13.7. The number of benzene rings is 1.